The molecule has 0 atom stereocenters. The van der Waals surface area contributed by atoms with E-state index in [9.17, 15) is 0 Å². The molecule has 3 N–H and O–H groups in total. The smallest absolute Gasteiger partial charge is 0.149 e. The molecule has 0 aromatic carbocycles. The lowest BCUT2D eigenvalue weighted by molar-refractivity contribution is 1.17. The second kappa shape index (κ2) is 2.99. The van der Waals surface area contributed by atoms with Crippen LogP contribution in [0, 0.1) is 6.92 Å². The minimum absolute atomic E-state index is 0.670. The van der Waals surface area contributed by atoms with Crippen LogP contribution in [0.3, 0.4) is 0 Å². The third-order valence-electron chi connectivity index (χ3n) is 1.90. The van der Waals surface area contributed by atoms with Crippen molar-refractivity contribution in [3.8, 4) is 0 Å². The highest BCUT2D eigenvalue weighted by atomic mass is 15.2. The number of nitrogens with two attached hydrogens (primary N) is 1. The number of aryl methyl sites for hydroxylation is 1. The molecule has 4 heteroatoms. The van der Waals surface area contributed by atoms with Gasteiger partial charge in [-0.1, -0.05) is 0 Å². The van der Waals surface area contributed by atoms with Crippen molar-refractivity contribution >= 4 is 16.6 Å². The Morgan fingerprint density at radius 2 is 2.31 bits per heavy atom. The average molecular weight is 174 g/mol. The Morgan fingerprint density at radius 1 is 1.46 bits per heavy atom. The van der Waals surface area contributed by atoms with Crippen LogP contribution in [0.2, 0.25) is 0 Å². The van der Waals surface area contributed by atoms with E-state index in [1.165, 1.54) is 0 Å². The van der Waals surface area contributed by atoms with Gasteiger partial charge in [-0.05, 0) is 24.4 Å². The molecule has 66 valence electrons. The van der Waals surface area contributed by atoms with Gasteiger partial charge in [0.2, 0.25) is 0 Å². The number of aromatic nitrogens is 2. The number of fused-ring (bicyclic) bond motifs is 1. The number of pyridine rings is 2. The van der Waals surface area contributed by atoms with E-state index in [1.807, 2.05) is 19.1 Å². The van der Waals surface area contributed by atoms with Gasteiger partial charge in [0.05, 0.1) is 0 Å². The highest BCUT2D eigenvalue weighted by Gasteiger charge is 2.01. The molecule has 0 saturated carbocycles. The molecule has 0 fully saturated rings. The highest BCUT2D eigenvalue weighted by Crippen LogP contribution is 2.19. The quantitative estimate of drug-likeness (QED) is 0.504. The third-order valence-corrected chi connectivity index (χ3v) is 1.90. The van der Waals surface area contributed by atoms with Crippen molar-refractivity contribution < 1.29 is 0 Å². The predicted octanol–water partition coefficient (Wildman–Crippen LogP) is 1.22. The number of hydrazine groups is 1. The van der Waals surface area contributed by atoms with E-state index in [0.29, 0.717) is 5.82 Å². The van der Waals surface area contributed by atoms with Gasteiger partial charge in [-0.2, -0.15) is 0 Å². The van der Waals surface area contributed by atoms with Crippen LogP contribution >= 0.6 is 0 Å². The maximum atomic E-state index is 5.34. The zero-order chi connectivity index (χ0) is 9.26. The summed E-state index contributed by atoms with van der Waals surface area (Å²) in [6.07, 6.45) is 3.50. The predicted molar refractivity (Wildman–Crippen MR) is 52.1 cm³/mol. The Balaban J connectivity index is 2.81. The van der Waals surface area contributed by atoms with E-state index in [2.05, 4.69) is 15.4 Å². The van der Waals surface area contributed by atoms with Crippen LogP contribution in [-0.2, 0) is 0 Å². The van der Waals surface area contributed by atoms with E-state index in [0.717, 1.165) is 16.5 Å². The SMILES string of the molecule is Cc1cc2ccncc2c(NN)n1. The summed E-state index contributed by atoms with van der Waals surface area (Å²) in [6, 6.07) is 3.93. The molecule has 4 nitrogen and oxygen atoms in total. The fourth-order valence-corrected chi connectivity index (χ4v) is 1.33. The molecule has 13 heavy (non-hydrogen) atoms. The van der Waals surface area contributed by atoms with Crippen molar-refractivity contribution in [2.45, 2.75) is 6.92 Å². The summed E-state index contributed by atoms with van der Waals surface area (Å²) in [4.78, 5) is 8.26. The van der Waals surface area contributed by atoms with E-state index in [-0.39, 0.29) is 0 Å². The standard InChI is InChI=1S/C9H10N4/c1-6-4-7-2-3-11-5-8(7)9(12-6)13-10/h2-5H,10H2,1H3,(H,12,13). The van der Waals surface area contributed by atoms with E-state index in [4.69, 9.17) is 5.84 Å². The third kappa shape index (κ3) is 1.31. The van der Waals surface area contributed by atoms with Gasteiger partial charge in [-0.25, -0.2) is 10.8 Å². The number of nitrogens with one attached hydrogen (secondary N) is 1. The lowest BCUT2D eigenvalue weighted by atomic mass is 10.2. The highest BCUT2D eigenvalue weighted by molar-refractivity contribution is 5.91. The fraction of sp³-hybridized carbons (Fsp3) is 0.111. The molecule has 0 amide bonds. The normalized spacial score (nSPS) is 10.3. The van der Waals surface area contributed by atoms with Crippen LogP contribution in [0.5, 0.6) is 0 Å². The molecule has 2 heterocycles. The summed E-state index contributed by atoms with van der Waals surface area (Å²) in [5.74, 6) is 6.01. The average Bonchev–Trinajstić information content (AvgIpc) is 2.16. The molecule has 0 radical (unpaired) electrons. The lowest BCUT2D eigenvalue weighted by Crippen LogP contribution is -2.09. The molecular weight excluding hydrogens is 164 g/mol. The zero-order valence-corrected chi connectivity index (χ0v) is 7.28. The van der Waals surface area contributed by atoms with E-state index < -0.39 is 0 Å². The van der Waals surface area contributed by atoms with Gasteiger partial charge in [0, 0.05) is 23.5 Å². The molecule has 0 bridgehead atoms. The van der Waals surface area contributed by atoms with Gasteiger partial charge in [-0.3, -0.25) is 4.98 Å². The lowest BCUT2D eigenvalue weighted by Gasteiger charge is -2.04. The van der Waals surface area contributed by atoms with Crippen molar-refractivity contribution in [3.63, 3.8) is 0 Å². The van der Waals surface area contributed by atoms with E-state index in [1.54, 1.807) is 12.4 Å². The summed E-state index contributed by atoms with van der Waals surface area (Å²) in [7, 11) is 0. The molecule has 0 aliphatic carbocycles. The van der Waals surface area contributed by atoms with Gasteiger partial charge in [0.15, 0.2) is 0 Å². The monoisotopic (exact) mass is 174 g/mol. The Labute approximate surface area is 75.8 Å². The van der Waals surface area contributed by atoms with E-state index >= 15 is 0 Å². The molecule has 0 aliphatic heterocycles. The Hall–Kier alpha value is -1.68. The molecule has 0 spiro atoms. The second-order valence-electron chi connectivity index (χ2n) is 2.85. The number of rotatable bonds is 1. The number of hydrogen-bond donors (Lipinski definition) is 2. The van der Waals surface area contributed by atoms with Crippen LogP contribution < -0.4 is 11.3 Å². The summed E-state index contributed by atoms with van der Waals surface area (Å²) in [5, 5.41) is 2.03. The number of nitrogen functional groups attached to an aromatic ring is 1. The molecule has 2 rings (SSSR count). The van der Waals surface area contributed by atoms with Crippen LogP contribution in [0.1, 0.15) is 5.69 Å². The number of nitrogens with zero attached hydrogens (tertiary/aromatic N) is 2. The van der Waals surface area contributed by atoms with Crippen LogP contribution in [-0.4, -0.2) is 9.97 Å². The number of hydrogen-bond acceptors (Lipinski definition) is 4. The molecule has 0 unspecified atom stereocenters. The van der Waals surface area contributed by atoms with Gasteiger partial charge in [-0.15, -0.1) is 0 Å². The van der Waals surface area contributed by atoms with Crippen molar-refractivity contribution in [1.82, 2.24) is 9.97 Å². The maximum absolute atomic E-state index is 5.34. The van der Waals surface area contributed by atoms with Gasteiger partial charge in [0.1, 0.15) is 5.82 Å². The molecular formula is C9H10N4. The maximum Gasteiger partial charge on any atom is 0.149 e. The Morgan fingerprint density at radius 3 is 3.08 bits per heavy atom. The molecule has 2 aromatic rings. The first-order valence-electron chi connectivity index (χ1n) is 3.99. The summed E-state index contributed by atoms with van der Waals surface area (Å²) >= 11 is 0. The fourth-order valence-electron chi connectivity index (χ4n) is 1.33. The van der Waals surface area contributed by atoms with Gasteiger partial charge >= 0.3 is 0 Å². The van der Waals surface area contributed by atoms with Gasteiger partial charge < -0.3 is 5.43 Å². The summed E-state index contributed by atoms with van der Waals surface area (Å²) < 4.78 is 0. The summed E-state index contributed by atoms with van der Waals surface area (Å²) in [6.45, 7) is 1.93. The minimum Gasteiger partial charge on any atom is -0.308 e. The van der Waals surface area contributed by atoms with Crippen molar-refractivity contribution in [1.29, 1.82) is 0 Å². The van der Waals surface area contributed by atoms with Gasteiger partial charge in [0.25, 0.3) is 0 Å². The first-order chi connectivity index (χ1) is 6.31. The number of anilines is 1. The Bertz CT molecular complexity index is 439. The first-order valence-corrected chi connectivity index (χ1v) is 3.99. The van der Waals surface area contributed by atoms with Crippen LogP contribution in [0.4, 0.5) is 5.82 Å². The zero-order valence-electron chi connectivity index (χ0n) is 7.28. The van der Waals surface area contributed by atoms with Crippen LogP contribution in [0.25, 0.3) is 10.8 Å². The minimum atomic E-state index is 0.670. The molecule has 0 saturated heterocycles. The van der Waals surface area contributed by atoms with Crippen LogP contribution in [0.15, 0.2) is 24.5 Å². The summed E-state index contributed by atoms with van der Waals surface area (Å²) in [5.41, 5.74) is 3.50. The first kappa shape index (κ1) is 7.94. The topological polar surface area (TPSA) is 63.8 Å². The largest absolute Gasteiger partial charge is 0.308 e. The Kier molecular flexibility index (Phi) is 1.83. The van der Waals surface area contributed by atoms with Crippen molar-refractivity contribution in [2.75, 3.05) is 5.43 Å². The second-order valence-corrected chi connectivity index (χ2v) is 2.85. The van der Waals surface area contributed by atoms with Crippen molar-refractivity contribution in [2.24, 2.45) is 5.84 Å². The molecule has 0 aliphatic rings. The van der Waals surface area contributed by atoms with Crippen molar-refractivity contribution in [3.05, 3.63) is 30.2 Å². The molecule has 2 aromatic heterocycles.